The van der Waals surface area contributed by atoms with E-state index < -0.39 is 18.3 Å². The number of rotatable bonds is 3. The van der Waals surface area contributed by atoms with E-state index in [0.717, 1.165) is 16.6 Å². The Kier molecular flexibility index (Phi) is 4.28. The highest BCUT2D eigenvalue weighted by Crippen LogP contribution is 2.41. The van der Waals surface area contributed by atoms with Gasteiger partial charge in [-0.2, -0.15) is 0 Å². The summed E-state index contributed by atoms with van der Waals surface area (Å²) in [6.07, 6.45) is 3.69. The molecular weight excluding hydrogens is 279 g/mol. The van der Waals surface area contributed by atoms with Gasteiger partial charge in [-0.1, -0.05) is 0 Å². The third-order valence-corrected chi connectivity index (χ3v) is 4.59. The van der Waals surface area contributed by atoms with Crippen molar-refractivity contribution in [3.63, 3.8) is 0 Å². The highest BCUT2D eigenvalue weighted by atomic mass is 16.7. The molecule has 0 aromatic carbocycles. The normalized spacial score (nSPS) is 25.6. The molecule has 2 aliphatic rings. The third kappa shape index (κ3) is 2.61. The number of hydrogen-bond donors (Lipinski definition) is 2. The topological polar surface area (TPSA) is 63.6 Å². The summed E-state index contributed by atoms with van der Waals surface area (Å²) in [6.45, 7) is 9.96. The molecular formula is C16H25BN2O3. The van der Waals surface area contributed by atoms with E-state index in [0.29, 0.717) is 11.5 Å². The molecule has 6 heteroatoms. The van der Waals surface area contributed by atoms with Gasteiger partial charge in [-0.05, 0) is 40.7 Å². The van der Waals surface area contributed by atoms with Gasteiger partial charge in [0.2, 0.25) is 0 Å². The maximum Gasteiger partial charge on any atom is 0.498 e. The van der Waals surface area contributed by atoms with Crippen molar-refractivity contribution in [3.05, 3.63) is 34.7 Å². The van der Waals surface area contributed by atoms with E-state index in [9.17, 15) is 0 Å². The second kappa shape index (κ2) is 5.59. The first-order chi connectivity index (χ1) is 10.1. The monoisotopic (exact) mass is 304 g/mol. The van der Waals surface area contributed by atoms with Crippen LogP contribution < -0.4 is 5.32 Å². The Balaban J connectivity index is 2.46. The highest BCUT2D eigenvalue weighted by Gasteiger charge is 2.53. The second-order valence-corrected chi connectivity index (χ2v) is 6.61. The predicted octanol–water partition coefficient (Wildman–Crippen LogP) is 2.60. The van der Waals surface area contributed by atoms with Crippen LogP contribution in [0, 0.1) is 5.41 Å². The van der Waals surface area contributed by atoms with Crippen LogP contribution in [0.3, 0.4) is 0 Å². The molecule has 2 N–H and O–H groups in total. The van der Waals surface area contributed by atoms with Crippen LogP contribution in [-0.2, 0) is 14.0 Å². The highest BCUT2D eigenvalue weighted by molar-refractivity contribution is 6.56. The molecule has 1 fully saturated rings. The van der Waals surface area contributed by atoms with Crippen LogP contribution in [0.25, 0.3) is 0 Å². The largest absolute Gasteiger partial charge is 0.498 e. The Labute approximate surface area is 133 Å². The number of hydrogen-bond acceptors (Lipinski definition) is 5. The third-order valence-electron chi connectivity index (χ3n) is 4.59. The first-order valence-electron chi connectivity index (χ1n) is 7.44. The van der Waals surface area contributed by atoms with Crippen LogP contribution in [-0.4, -0.2) is 38.2 Å². The Morgan fingerprint density at radius 3 is 2.23 bits per heavy atom. The summed E-state index contributed by atoms with van der Waals surface area (Å²) in [5.74, 6) is 0.650. The summed E-state index contributed by atoms with van der Waals surface area (Å²) in [4.78, 5) is 0. The standard InChI is InChI=1S/C16H25BN2O3/c1-10-13(18)11(9-19-6)8-12(14(10)20-7)17-21-15(2,3)16(4,5)22-17/h8-9,18-19H,1-7H3/b11-9-,18-13?. The maximum absolute atomic E-state index is 8.23. The Bertz CT molecular complexity index is 572. The van der Waals surface area contributed by atoms with E-state index in [2.05, 4.69) is 5.32 Å². The minimum Gasteiger partial charge on any atom is -0.497 e. The molecule has 0 aromatic heterocycles. The van der Waals surface area contributed by atoms with Crippen LogP contribution in [0.5, 0.6) is 0 Å². The quantitative estimate of drug-likeness (QED) is 0.787. The van der Waals surface area contributed by atoms with E-state index in [4.69, 9.17) is 19.5 Å². The summed E-state index contributed by atoms with van der Waals surface area (Å²) in [7, 11) is 2.91. The lowest BCUT2D eigenvalue weighted by Crippen LogP contribution is -2.41. The average Bonchev–Trinajstić information content (AvgIpc) is 2.64. The molecule has 0 aromatic rings. The Morgan fingerprint density at radius 2 is 1.77 bits per heavy atom. The minimum absolute atomic E-state index is 0.414. The Morgan fingerprint density at radius 1 is 1.23 bits per heavy atom. The molecule has 0 bridgehead atoms. The molecule has 5 nitrogen and oxygen atoms in total. The lowest BCUT2D eigenvalue weighted by atomic mass is 9.71. The number of allylic oxidation sites excluding steroid dienone is 4. The van der Waals surface area contributed by atoms with E-state index in [1.165, 1.54) is 0 Å². The van der Waals surface area contributed by atoms with Crippen molar-refractivity contribution in [2.45, 2.75) is 45.8 Å². The fraction of sp³-hybridized carbons (Fsp3) is 0.562. The van der Waals surface area contributed by atoms with Crippen LogP contribution >= 0.6 is 0 Å². The lowest BCUT2D eigenvalue weighted by Gasteiger charge is -2.32. The molecule has 120 valence electrons. The minimum atomic E-state index is -0.511. The van der Waals surface area contributed by atoms with Gasteiger partial charge in [-0.15, -0.1) is 0 Å². The number of methoxy groups -OCH3 is 1. The first kappa shape index (κ1) is 16.8. The van der Waals surface area contributed by atoms with Crippen LogP contribution in [0.15, 0.2) is 34.7 Å². The SMILES string of the molecule is CN/C=C1/C=C(B2OC(C)(C)C(C)(C)O2)C(OC)=C(C)C1=N. The van der Waals surface area contributed by atoms with Gasteiger partial charge >= 0.3 is 7.12 Å². The van der Waals surface area contributed by atoms with Crippen LogP contribution in [0.4, 0.5) is 0 Å². The smallest absolute Gasteiger partial charge is 0.497 e. The maximum atomic E-state index is 8.23. The molecule has 22 heavy (non-hydrogen) atoms. The van der Waals surface area contributed by atoms with Crippen molar-refractivity contribution < 1.29 is 14.0 Å². The molecule has 2 rings (SSSR count). The van der Waals surface area contributed by atoms with Crippen molar-refractivity contribution in [1.82, 2.24) is 5.32 Å². The van der Waals surface area contributed by atoms with Crippen molar-refractivity contribution in [2.75, 3.05) is 14.2 Å². The molecule has 0 unspecified atom stereocenters. The van der Waals surface area contributed by atoms with E-state index in [1.807, 2.05) is 47.7 Å². The van der Waals surface area contributed by atoms with Gasteiger partial charge in [0.05, 0.1) is 24.0 Å². The van der Waals surface area contributed by atoms with Gasteiger partial charge in [-0.3, -0.25) is 5.41 Å². The molecule has 0 spiro atoms. The number of ether oxygens (including phenoxy) is 1. The summed E-state index contributed by atoms with van der Waals surface area (Å²) >= 11 is 0. The summed E-state index contributed by atoms with van der Waals surface area (Å²) in [5, 5.41) is 11.2. The lowest BCUT2D eigenvalue weighted by molar-refractivity contribution is 0.00578. The van der Waals surface area contributed by atoms with Gasteiger partial charge in [0, 0.05) is 29.9 Å². The van der Waals surface area contributed by atoms with Crippen LogP contribution in [0.2, 0.25) is 0 Å². The summed E-state index contributed by atoms with van der Waals surface area (Å²) in [5.41, 5.74) is 1.98. The molecule has 0 radical (unpaired) electrons. The van der Waals surface area contributed by atoms with Gasteiger partial charge < -0.3 is 19.4 Å². The van der Waals surface area contributed by atoms with Gasteiger partial charge in [0.25, 0.3) is 0 Å². The van der Waals surface area contributed by atoms with Crippen molar-refractivity contribution in [3.8, 4) is 0 Å². The molecule has 1 aliphatic heterocycles. The zero-order valence-corrected chi connectivity index (χ0v) is 14.5. The van der Waals surface area contributed by atoms with Gasteiger partial charge in [0.15, 0.2) is 0 Å². The van der Waals surface area contributed by atoms with E-state index in [-0.39, 0.29) is 0 Å². The summed E-state index contributed by atoms with van der Waals surface area (Å²) < 4.78 is 17.8. The first-order valence-corrected chi connectivity index (χ1v) is 7.44. The van der Waals surface area contributed by atoms with Crippen molar-refractivity contribution in [2.24, 2.45) is 0 Å². The number of nitrogens with one attached hydrogen (secondary N) is 2. The molecule has 1 saturated heterocycles. The fourth-order valence-corrected chi connectivity index (χ4v) is 2.54. The Hall–Kier alpha value is -1.53. The predicted molar refractivity (Wildman–Crippen MR) is 88.7 cm³/mol. The van der Waals surface area contributed by atoms with Crippen LogP contribution in [0.1, 0.15) is 34.6 Å². The van der Waals surface area contributed by atoms with Gasteiger partial charge in [0.1, 0.15) is 5.76 Å². The summed E-state index contributed by atoms with van der Waals surface area (Å²) in [6, 6.07) is 0. The van der Waals surface area contributed by atoms with E-state index >= 15 is 0 Å². The zero-order valence-electron chi connectivity index (χ0n) is 14.5. The fourth-order valence-electron chi connectivity index (χ4n) is 2.54. The molecule has 0 atom stereocenters. The zero-order chi connectivity index (χ0) is 16.7. The second-order valence-electron chi connectivity index (χ2n) is 6.61. The molecule has 1 aliphatic carbocycles. The molecule has 1 heterocycles. The van der Waals surface area contributed by atoms with Gasteiger partial charge in [-0.25, -0.2) is 0 Å². The molecule has 0 saturated carbocycles. The van der Waals surface area contributed by atoms with Crippen molar-refractivity contribution >= 4 is 12.8 Å². The average molecular weight is 304 g/mol. The van der Waals surface area contributed by atoms with Crippen molar-refractivity contribution in [1.29, 1.82) is 5.41 Å². The van der Waals surface area contributed by atoms with E-state index in [1.54, 1.807) is 13.3 Å². The molecule has 0 amide bonds.